The molecule has 1 heterocycles. The SMILES string of the molecule is COc1ccc(C)cc1S(=O)(=O)NC(Cc1ccccc1)C(=O)N1CCCCCC1. The molecule has 0 bridgehead atoms. The van der Waals surface area contributed by atoms with Crippen LogP contribution in [0.1, 0.15) is 36.8 Å². The molecule has 1 unspecified atom stereocenters. The molecule has 2 aromatic rings. The molecule has 1 amide bonds. The number of carbonyl (C=O) groups is 1. The van der Waals surface area contributed by atoms with Gasteiger partial charge in [-0.15, -0.1) is 0 Å². The van der Waals surface area contributed by atoms with E-state index in [1.807, 2.05) is 37.3 Å². The first kappa shape index (κ1) is 22.3. The number of methoxy groups -OCH3 is 1. The van der Waals surface area contributed by atoms with Crippen LogP contribution in [-0.4, -0.2) is 45.5 Å². The molecule has 1 saturated heterocycles. The lowest BCUT2D eigenvalue weighted by atomic mass is 10.1. The molecule has 1 atom stereocenters. The van der Waals surface area contributed by atoms with Gasteiger partial charge in [-0.2, -0.15) is 4.72 Å². The number of rotatable bonds is 7. The lowest BCUT2D eigenvalue weighted by Gasteiger charge is -2.27. The monoisotopic (exact) mass is 430 g/mol. The van der Waals surface area contributed by atoms with Gasteiger partial charge in [0.05, 0.1) is 7.11 Å². The van der Waals surface area contributed by atoms with Gasteiger partial charge < -0.3 is 9.64 Å². The van der Waals surface area contributed by atoms with Gasteiger partial charge in [0.25, 0.3) is 0 Å². The Morgan fingerprint density at radius 3 is 2.37 bits per heavy atom. The first-order chi connectivity index (χ1) is 14.4. The number of benzene rings is 2. The average molecular weight is 431 g/mol. The van der Waals surface area contributed by atoms with E-state index in [0.717, 1.165) is 36.8 Å². The second kappa shape index (κ2) is 10.1. The quantitative estimate of drug-likeness (QED) is 0.731. The molecule has 0 saturated carbocycles. The van der Waals surface area contributed by atoms with E-state index >= 15 is 0 Å². The summed E-state index contributed by atoms with van der Waals surface area (Å²) >= 11 is 0. The molecule has 2 aromatic carbocycles. The van der Waals surface area contributed by atoms with Crippen molar-refractivity contribution < 1.29 is 17.9 Å². The van der Waals surface area contributed by atoms with Crippen molar-refractivity contribution in [1.29, 1.82) is 0 Å². The van der Waals surface area contributed by atoms with Crippen molar-refractivity contribution in [2.24, 2.45) is 0 Å². The summed E-state index contributed by atoms with van der Waals surface area (Å²) in [5.74, 6) is 0.0877. The molecule has 0 aliphatic carbocycles. The van der Waals surface area contributed by atoms with Gasteiger partial charge in [-0.3, -0.25) is 4.79 Å². The number of nitrogens with zero attached hydrogens (tertiary/aromatic N) is 1. The first-order valence-electron chi connectivity index (χ1n) is 10.4. The van der Waals surface area contributed by atoms with Crippen LogP contribution in [0.25, 0.3) is 0 Å². The molecule has 0 aromatic heterocycles. The van der Waals surface area contributed by atoms with Crippen LogP contribution < -0.4 is 9.46 Å². The zero-order chi connectivity index (χ0) is 21.6. The van der Waals surface area contributed by atoms with Crippen LogP contribution >= 0.6 is 0 Å². The first-order valence-corrected chi connectivity index (χ1v) is 11.9. The molecular formula is C23H30N2O4S. The van der Waals surface area contributed by atoms with E-state index in [1.54, 1.807) is 23.1 Å². The van der Waals surface area contributed by atoms with Gasteiger partial charge in [-0.1, -0.05) is 49.2 Å². The summed E-state index contributed by atoms with van der Waals surface area (Å²) in [4.78, 5) is 15.2. The second-order valence-corrected chi connectivity index (χ2v) is 9.44. The van der Waals surface area contributed by atoms with Crippen LogP contribution in [0.3, 0.4) is 0 Å². The summed E-state index contributed by atoms with van der Waals surface area (Å²) in [7, 11) is -2.52. The maximum atomic E-state index is 13.4. The summed E-state index contributed by atoms with van der Waals surface area (Å²) in [6.45, 7) is 3.15. The minimum absolute atomic E-state index is 0.0479. The van der Waals surface area contributed by atoms with E-state index in [-0.39, 0.29) is 16.6 Å². The average Bonchev–Trinajstić information content (AvgIpc) is 3.03. The fraction of sp³-hybridized carbons (Fsp3) is 0.435. The van der Waals surface area contributed by atoms with E-state index < -0.39 is 16.1 Å². The molecule has 1 fully saturated rings. The number of ether oxygens (including phenoxy) is 1. The van der Waals surface area contributed by atoms with E-state index in [4.69, 9.17) is 4.74 Å². The van der Waals surface area contributed by atoms with Gasteiger partial charge in [0.1, 0.15) is 16.7 Å². The molecule has 7 heteroatoms. The minimum atomic E-state index is -3.96. The van der Waals surface area contributed by atoms with Crippen LogP contribution in [0.2, 0.25) is 0 Å². The third-order valence-electron chi connectivity index (χ3n) is 5.40. The zero-order valence-corrected chi connectivity index (χ0v) is 18.5. The number of amides is 1. The second-order valence-electron chi connectivity index (χ2n) is 7.76. The van der Waals surface area contributed by atoms with Gasteiger partial charge in [-0.25, -0.2) is 8.42 Å². The van der Waals surface area contributed by atoms with Crippen LogP contribution in [0.15, 0.2) is 53.4 Å². The molecule has 1 aliphatic heterocycles. The number of hydrogen-bond donors (Lipinski definition) is 1. The standard InChI is InChI=1S/C23H30N2O4S/c1-18-12-13-21(29-2)22(16-18)30(27,28)24-20(17-19-10-6-5-7-11-19)23(26)25-14-8-3-4-9-15-25/h5-7,10-13,16,20,24H,3-4,8-9,14-15,17H2,1-2H3. The van der Waals surface area contributed by atoms with E-state index in [2.05, 4.69) is 4.72 Å². The smallest absolute Gasteiger partial charge is 0.244 e. The van der Waals surface area contributed by atoms with Gasteiger partial charge >= 0.3 is 0 Å². The Bertz CT molecular complexity index is 952. The fourth-order valence-corrected chi connectivity index (χ4v) is 5.23. The van der Waals surface area contributed by atoms with Crippen molar-refractivity contribution in [2.45, 2.75) is 50.0 Å². The zero-order valence-electron chi connectivity index (χ0n) is 17.6. The lowest BCUT2D eigenvalue weighted by Crippen LogP contribution is -2.50. The van der Waals surface area contributed by atoms with Crippen molar-refractivity contribution in [1.82, 2.24) is 9.62 Å². The van der Waals surface area contributed by atoms with E-state index in [0.29, 0.717) is 19.5 Å². The summed E-state index contributed by atoms with van der Waals surface area (Å²) in [5.41, 5.74) is 1.71. The van der Waals surface area contributed by atoms with Gasteiger partial charge in [0, 0.05) is 13.1 Å². The summed E-state index contributed by atoms with van der Waals surface area (Å²) in [5, 5.41) is 0. The topological polar surface area (TPSA) is 75.7 Å². The van der Waals surface area contributed by atoms with Crippen LogP contribution in [-0.2, 0) is 21.2 Å². The molecule has 1 N–H and O–H groups in total. The Morgan fingerprint density at radius 2 is 1.73 bits per heavy atom. The van der Waals surface area contributed by atoms with E-state index in [9.17, 15) is 13.2 Å². The number of carbonyl (C=O) groups excluding carboxylic acids is 1. The lowest BCUT2D eigenvalue weighted by molar-refractivity contribution is -0.132. The largest absolute Gasteiger partial charge is 0.495 e. The van der Waals surface area contributed by atoms with Crippen molar-refractivity contribution in [3.63, 3.8) is 0 Å². The highest BCUT2D eigenvalue weighted by Crippen LogP contribution is 2.25. The molecule has 30 heavy (non-hydrogen) atoms. The van der Waals surface area contributed by atoms with Crippen molar-refractivity contribution in [3.05, 3.63) is 59.7 Å². The Morgan fingerprint density at radius 1 is 1.07 bits per heavy atom. The van der Waals surface area contributed by atoms with Crippen molar-refractivity contribution in [3.8, 4) is 5.75 Å². The maximum Gasteiger partial charge on any atom is 0.244 e. The highest BCUT2D eigenvalue weighted by Gasteiger charge is 2.31. The van der Waals surface area contributed by atoms with Crippen LogP contribution in [0, 0.1) is 6.92 Å². The number of nitrogens with one attached hydrogen (secondary N) is 1. The predicted molar refractivity (Wildman–Crippen MR) is 117 cm³/mol. The Labute approximate surface area is 179 Å². The molecule has 162 valence electrons. The van der Waals surface area contributed by atoms with Crippen molar-refractivity contribution >= 4 is 15.9 Å². The highest BCUT2D eigenvalue weighted by atomic mass is 32.2. The Kier molecular flexibility index (Phi) is 7.50. The molecule has 3 rings (SSSR count). The molecule has 1 aliphatic rings. The normalized spacial score (nSPS) is 16.0. The third kappa shape index (κ3) is 5.61. The fourth-order valence-electron chi connectivity index (χ4n) is 3.79. The summed E-state index contributed by atoms with van der Waals surface area (Å²) in [6.07, 6.45) is 4.38. The Hall–Kier alpha value is -2.38. The van der Waals surface area contributed by atoms with Gasteiger partial charge in [0.15, 0.2) is 0 Å². The number of sulfonamides is 1. The molecule has 0 spiro atoms. The van der Waals surface area contributed by atoms with E-state index in [1.165, 1.54) is 7.11 Å². The minimum Gasteiger partial charge on any atom is -0.495 e. The summed E-state index contributed by atoms with van der Waals surface area (Å²) in [6, 6.07) is 13.6. The summed E-state index contributed by atoms with van der Waals surface area (Å²) < 4.78 is 34.5. The molecule has 0 radical (unpaired) electrons. The Balaban J connectivity index is 1.91. The number of hydrogen-bond acceptors (Lipinski definition) is 4. The van der Waals surface area contributed by atoms with Crippen LogP contribution in [0.4, 0.5) is 0 Å². The molecular weight excluding hydrogens is 400 g/mol. The van der Waals surface area contributed by atoms with Crippen molar-refractivity contribution in [2.75, 3.05) is 20.2 Å². The number of likely N-dealkylation sites (tertiary alicyclic amines) is 1. The maximum absolute atomic E-state index is 13.4. The third-order valence-corrected chi connectivity index (χ3v) is 6.90. The highest BCUT2D eigenvalue weighted by molar-refractivity contribution is 7.89. The number of aryl methyl sites for hydroxylation is 1. The predicted octanol–water partition coefficient (Wildman–Crippen LogP) is 3.30. The van der Waals surface area contributed by atoms with Crippen LogP contribution in [0.5, 0.6) is 5.75 Å². The molecule has 6 nitrogen and oxygen atoms in total. The van der Waals surface area contributed by atoms with Gasteiger partial charge in [0.2, 0.25) is 15.9 Å². The van der Waals surface area contributed by atoms with Gasteiger partial charge in [-0.05, 0) is 49.4 Å².